The number of ether oxygens (including phenoxy) is 1. The van der Waals surface area contributed by atoms with Crippen LogP contribution in [0.4, 0.5) is 5.13 Å². The fourth-order valence-electron chi connectivity index (χ4n) is 2.68. The van der Waals surface area contributed by atoms with Crippen LogP contribution < -0.4 is 15.8 Å². The van der Waals surface area contributed by atoms with Gasteiger partial charge in [-0.25, -0.2) is 4.98 Å². The number of benzene rings is 1. The lowest BCUT2D eigenvalue weighted by Crippen LogP contribution is -2.16. The Hall–Kier alpha value is -1.30. The van der Waals surface area contributed by atoms with E-state index in [1.807, 2.05) is 12.3 Å². The predicted molar refractivity (Wildman–Crippen MR) is 93.6 cm³/mol. The van der Waals surface area contributed by atoms with Gasteiger partial charge >= 0.3 is 0 Å². The summed E-state index contributed by atoms with van der Waals surface area (Å²) in [7, 11) is 0. The second-order valence-electron chi connectivity index (χ2n) is 5.40. The van der Waals surface area contributed by atoms with E-state index in [2.05, 4.69) is 28.5 Å². The topological polar surface area (TPSA) is 60.2 Å². The van der Waals surface area contributed by atoms with Gasteiger partial charge < -0.3 is 15.8 Å². The first kappa shape index (κ1) is 17.1. The van der Waals surface area contributed by atoms with Crippen LogP contribution in [0.1, 0.15) is 36.1 Å². The van der Waals surface area contributed by atoms with Gasteiger partial charge in [0.25, 0.3) is 0 Å². The Morgan fingerprint density at radius 3 is 2.73 bits per heavy atom. The van der Waals surface area contributed by atoms with Crippen molar-refractivity contribution in [3.63, 3.8) is 0 Å². The number of nitrogen functional groups attached to an aromatic ring is 1. The fourth-order valence-corrected chi connectivity index (χ4v) is 3.33. The lowest BCUT2D eigenvalue weighted by Gasteiger charge is -2.16. The van der Waals surface area contributed by atoms with Crippen LogP contribution in [-0.2, 0) is 13.1 Å². The first-order valence-corrected chi connectivity index (χ1v) is 8.28. The standard InChI is InChI=1S/C16H21N3OS.ClH/c17-16-19-11-14(21-16)10-18-9-12-5-1-4-8-15(12)20-13-6-2-3-7-13;/h1,4-5,8,11,13,18H,2-3,6-7,9-10H2,(H2,17,19);1H. The molecule has 0 saturated heterocycles. The molecule has 1 saturated carbocycles. The van der Waals surface area contributed by atoms with Crippen molar-refractivity contribution in [3.8, 4) is 5.75 Å². The van der Waals surface area contributed by atoms with E-state index in [0.717, 1.165) is 23.7 Å². The molecule has 0 radical (unpaired) electrons. The monoisotopic (exact) mass is 339 g/mol. The summed E-state index contributed by atoms with van der Waals surface area (Å²) in [6, 6.07) is 8.29. The molecule has 3 N–H and O–H groups in total. The van der Waals surface area contributed by atoms with Crippen LogP contribution in [-0.4, -0.2) is 11.1 Å². The van der Waals surface area contributed by atoms with Gasteiger partial charge in [-0.1, -0.05) is 18.2 Å². The van der Waals surface area contributed by atoms with Crippen LogP contribution in [0.25, 0.3) is 0 Å². The van der Waals surface area contributed by atoms with Crippen molar-refractivity contribution in [2.45, 2.75) is 44.9 Å². The number of rotatable bonds is 6. The van der Waals surface area contributed by atoms with E-state index in [1.54, 1.807) is 0 Å². The maximum atomic E-state index is 6.14. The van der Waals surface area contributed by atoms with Gasteiger partial charge in [-0.05, 0) is 31.7 Å². The SMILES string of the molecule is Cl.Nc1ncc(CNCc2ccccc2OC2CCCC2)s1. The van der Waals surface area contributed by atoms with Crippen molar-refractivity contribution in [1.29, 1.82) is 0 Å². The molecule has 6 heteroatoms. The Morgan fingerprint density at radius 1 is 1.23 bits per heavy atom. The van der Waals surface area contributed by atoms with Crippen molar-refractivity contribution in [2.75, 3.05) is 5.73 Å². The van der Waals surface area contributed by atoms with Crippen LogP contribution in [0, 0.1) is 0 Å². The molecule has 120 valence electrons. The van der Waals surface area contributed by atoms with Crippen LogP contribution in [0.5, 0.6) is 5.75 Å². The number of nitrogens with zero attached hydrogens (tertiary/aromatic N) is 1. The number of para-hydroxylation sites is 1. The summed E-state index contributed by atoms with van der Waals surface area (Å²) in [5, 5.41) is 4.05. The van der Waals surface area contributed by atoms with Crippen molar-refractivity contribution in [2.24, 2.45) is 0 Å². The largest absolute Gasteiger partial charge is 0.490 e. The third kappa shape index (κ3) is 4.60. The molecule has 0 atom stereocenters. The van der Waals surface area contributed by atoms with E-state index in [-0.39, 0.29) is 12.4 Å². The van der Waals surface area contributed by atoms with E-state index in [0.29, 0.717) is 11.2 Å². The molecule has 1 fully saturated rings. The second kappa shape index (κ2) is 8.36. The Morgan fingerprint density at radius 2 is 2.00 bits per heavy atom. The Balaban J connectivity index is 0.00000176. The van der Waals surface area contributed by atoms with E-state index in [1.165, 1.54) is 42.6 Å². The molecular formula is C16H22ClN3OS. The Kier molecular flexibility index (Phi) is 6.49. The number of anilines is 1. The highest BCUT2D eigenvalue weighted by atomic mass is 35.5. The van der Waals surface area contributed by atoms with Gasteiger partial charge in [0, 0.05) is 29.7 Å². The minimum Gasteiger partial charge on any atom is -0.490 e. The number of nitrogens with one attached hydrogen (secondary N) is 1. The van der Waals surface area contributed by atoms with Crippen molar-refractivity contribution >= 4 is 28.9 Å². The molecular weight excluding hydrogens is 318 g/mol. The number of halogens is 1. The van der Waals surface area contributed by atoms with Crippen LogP contribution in [0.2, 0.25) is 0 Å². The fraction of sp³-hybridized carbons (Fsp3) is 0.438. The molecule has 0 amide bonds. The Labute approximate surface area is 141 Å². The highest BCUT2D eigenvalue weighted by Crippen LogP contribution is 2.26. The first-order chi connectivity index (χ1) is 10.3. The molecule has 0 spiro atoms. The van der Waals surface area contributed by atoms with Crippen molar-refractivity contribution in [3.05, 3.63) is 40.9 Å². The van der Waals surface area contributed by atoms with Gasteiger partial charge in [0.2, 0.25) is 0 Å². The normalized spacial score (nSPS) is 14.7. The average molecular weight is 340 g/mol. The van der Waals surface area contributed by atoms with Gasteiger partial charge in [-0.2, -0.15) is 0 Å². The number of nitrogens with two attached hydrogens (primary N) is 1. The van der Waals surface area contributed by atoms with Gasteiger partial charge in [-0.15, -0.1) is 23.7 Å². The number of thiazole rings is 1. The molecule has 1 heterocycles. The molecule has 3 rings (SSSR count). The van der Waals surface area contributed by atoms with Crippen LogP contribution in [0.15, 0.2) is 30.5 Å². The average Bonchev–Trinajstić information content (AvgIpc) is 3.13. The van der Waals surface area contributed by atoms with Crippen LogP contribution in [0.3, 0.4) is 0 Å². The minimum atomic E-state index is 0. The maximum Gasteiger partial charge on any atom is 0.180 e. The van der Waals surface area contributed by atoms with Gasteiger partial charge in [0.15, 0.2) is 5.13 Å². The summed E-state index contributed by atoms with van der Waals surface area (Å²) in [4.78, 5) is 5.21. The summed E-state index contributed by atoms with van der Waals surface area (Å²) < 4.78 is 6.14. The zero-order valence-corrected chi connectivity index (χ0v) is 14.1. The van der Waals surface area contributed by atoms with E-state index < -0.39 is 0 Å². The third-order valence-electron chi connectivity index (χ3n) is 3.75. The lowest BCUT2D eigenvalue weighted by atomic mass is 10.2. The molecule has 1 aliphatic carbocycles. The molecule has 1 aliphatic rings. The lowest BCUT2D eigenvalue weighted by molar-refractivity contribution is 0.207. The predicted octanol–water partition coefficient (Wildman–Crippen LogP) is 3.76. The van der Waals surface area contributed by atoms with Crippen molar-refractivity contribution < 1.29 is 4.74 Å². The second-order valence-corrected chi connectivity index (χ2v) is 6.55. The van der Waals surface area contributed by atoms with Crippen molar-refractivity contribution in [1.82, 2.24) is 10.3 Å². The molecule has 4 nitrogen and oxygen atoms in total. The Bertz CT molecular complexity index is 584. The van der Waals surface area contributed by atoms with Gasteiger partial charge in [-0.3, -0.25) is 0 Å². The quantitative estimate of drug-likeness (QED) is 0.841. The summed E-state index contributed by atoms with van der Waals surface area (Å²) in [5.41, 5.74) is 6.85. The molecule has 0 unspecified atom stereocenters. The molecule has 0 aliphatic heterocycles. The summed E-state index contributed by atoms with van der Waals surface area (Å²) in [6.45, 7) is 1.58. The summed E-state index contributed by atoms with van der Waals surface area (Å²) >= 11 is 1.53. The zero-order valence-electron chi connectivity index (χ0n) is 12.5. The summed E-state index contributed by atoms with van der Waals surface area (Å²) in [5.74, 6) is 1.01. The molecule has 1 aromatic heterocycles. The highest BCUT2D eigenvalue weighted by Gasteiger charge is 2.17. The first-order valence-electron chi connectivity index (χ1n) is 7.47. The zero-order chi connectivity index (χ0) is 14.5. The van der Waals surface area contributed by atoms with E-state index in [4.69, 9.17) is 10.5 Å². The highest BCUT2D eigenvalue weighted by molar-refractivity contribution is 7.15. The van der Waals surface area contributed by atoms with E-state index in [9.17, 15) is 0 Å². The minimum absolute atomic E-state index is 0. The smallest absolute Gasteiger partial charge is 0.180 e. The molecule has 22 heavy (non-hydrogen) atoms. The van der Waals surface area contributed by atoms with E-state index >= 15 is 0 Å². The van der Waals surface area contributed by atoms with Crippen LogP contribution >= 0.6 is 23.7 Å². The van der Waals surface area contributed by atoms with Gasteiger partial charge in [0.1, 0.15) is 5.75 Å². The maximum absolute atomic E-state index is 6.14. The molecule has 0 bridgehead atoms. The molecule has 2 aromatic rings. The third-order valence-corrected chi connectivity index (χ3v) is 4.58. The molecule has 1 aromatic carbocycles. The number of hydrogen-bond donors (Lipinski definition) is 2. The summed E-state index contributed by atoms with van der Waals surface area (Å²) in [6.07, 6.45) is 7.17. The number of hydrogen-bond acceptors (Lipinski definition) is 5. The number of aromatic nitrogens is 1. The van der Waals surface area contributed by atoms with Gasteiger partial charge in [0.05, 0.1) is 6.10 Å².